The molecule has 1 aromatic rings. The average Bonchev–Trinajstić information content (AvgIpc) is 2.60. The van der Waals surface area contributed by atoms with Crippen molar-refractivity contribution in [2.75, 3.05) is 0 Å². The van der Waals surface area contributed by atoms with Gasteiger partial charge in [-0.25, -0.2) is 9.78 Å². The topological polar surface area (TPSA) is 92.4 Å². The van der Waals surface area contributed by atoms with Gasteiger partial charge >= 0.3 is 5.97 Å². The maximum atomic E-state index is 11.5. The van der Waals surface area contributed by atoms with Gasteiger partial charge in [0.25, 0.3) is 5.91 Å². The first kappa shape index (κ1) is 11.2. The number of aliphatic carboxylic acids is 1. The van der Waals surface area contributed by atoms with Crippen LogP contribution in [0.3, 0.4) is 0 Å². The van der Waals surface area contributed by atoms with Crippen molar-refractivity contribution in [2.24, 2.45) is 0 Å². The zero-order valence-electron chi connectivity index (χ0n) is 8.48. The zero-order chi connectivity index (χ0) is 11.4. The number of nitrogens with zero attached hydrogens (tertiary/aromatic N) is 1. The highest BCUT2D eigenvalue weighted by Crippen LogP contribution is 2.04. The van der Waals surface area contributed by atoms with Gasteiger partial charge in [-0.2, -0.15) is 0 Å². The van der Waals surface area contributed by atoms with E-state index in [2.05, 4.69) is 10.3 Å². The van der Waals surface area contributed by atoms with E-state index in [1.807, 2.05) is 0 Å². The lowest BCUT2D eigenvalue weighted by molar-refractivity contribution is -0.139. The highest BCUT2D eigenvalue weighted by molar-refractivity contribution is 5.95. The Hall–Kier alpha value is -1.85. The van der Waals surface area contributed by atoms with E-state index in [-0.39, 0.29) is 5.69 Å². The Morgan fingerprint density at radius 1 is 1.67 bits per heavy atom. The van der Waals surface area contributed by atoms with Gasteiger partial charge in [0, 0.05) is 0 Å². The number of hydrogen-bond acceptors (Lipinski definition) is 4. The SMILES string of the molecule is CC[C@H](NC(=O)c1ncoc1C)C(=O)O. The van der Waals surface area contributed by atoms with E-state index in [0.29, 0.717) is 12.2 Å². The van der Waals surface area contributed by atoms with Gasteiger partial charge < -0.3 is 14.8 Å². The lowest BCUT2D eigenvalue weighted by atomic mass is 10.2. The summed E-state index contributed by atoms with van der Waals surface area (Å²) in [5.74, 6) is -1.23. The van der Waals surface area contributed by atoms with E-state index in [4.69, 9.17) is 9.52 Å². The molecule has 82 valence electrons. The van der Waals surface area contributed by atoms with Gasteiger partial charge in [-0.15, -0.1) is 0 Å². The van der Waals surface area contributed by atoms with Crippen molar-refractivity contribution in [3.8, 4) is 0 Å². The van der Waals surface area contributed by atoms with Crippen molar-refractivity contribution >= 4 is 11.9 Å². The molecule has 1 heterocycles. The third-order valence-corrected chi connectivity index (χ3v) is 1.97. The van der Waals surface area contributed by atoms with E-state index < -0.39 is 17.9 Å². The number of carbonyl (C=O) groups excluding carboxylic acids is 1. The van der Waals surface area contributed by atoms with Crippen LogP contribution in [-0.4, -0.2) is 28.0 Å². The van der Waals surface area contributed by atoms with Crippen LogP contribution >= 0.6 is 0 Å². The summed E-state index contributed by atoms with van der Waals surface area (Å²) >= 11 is 0. The van der Waals surface area contributed by atoms with Gasteiger partial charge in [0.05, 0.1) is 0 Å². The first-order valence-electron chi connectivity index (χ1n) is 4.50. The molecule has 0 aliphatic heterocycles. The van der Waals surface area contributed by atoms with E-state index in [0.717, 1.165) is 6.39 Å². The number of aryl methyl sites for hydroxylation is 1. The van der Waals surface area contributed by atoms with Crippen LogP contribution in [0, 0.1) is 6.92 Å². The van der Waals surface area contributed by atoms with Crippen molar-refractivity contribution in [2.45, 2.75) is 26.3 Å². The predicted molar refractivity (Wildman–Crippen MR) is 50.4 cm³/mol. The number of aromatic nitrogens is 1. The van der Waals surface area contributed by atoms with E-state index >= 15 is 0 Å². The molecule has 0 radical (unpaired) electrons. The fourth-order valence-corrected chi connectivity index (χ4v) is 1.09. The van der Waals surface area contributed by atoms with Crippen LogP contribution in [0.2, 0.25) is 0 Å². The quantitative estimate of drug-likeness (QED) is 0.761. The minimum absolute atomic E-state index is 0.120. The maximum Gasteiger partial charge on any atom is 0.326 e. The molecule has 6 heteroatoms. The highest BCUT2D eigenvalue weighted by atomic mass is 16.4. The maximum absolute atomic E-state index is 11.5. The number of carboxylic acids is 1. The van der Waals surface area contributed by atoms with E-state index in [9.17, 15) is 9.59 Å². The fraction of sp³-hybridized carbons (Fsp3) is 0.444. The fourth-order valence-electron chi connectivity index (χ4n) is 1.09. The largest absolute Gasteiger partial charge is 0.480 e. The number of rotatable bonds is 4. The molecule has 1 aromatic heterocycles. The summed E-state index contributed by atoms with van der Waals surface area (Å²) in [4.78, 5) is 25.9. The Kier molecular flexibility index (Phi) is 3.43. The molecule has 2 N–H and O–H groups in total. The molecule has 0 fully saturated rings. The normalized spacial score (nSPS) is 12.1. The molecule has 0 saturated carbocycles. The van der Waals surface area contributed by atoms with Crippen molar-refractivity contribution in [3.05, 3.63) is 17.8 Å². The summed E-state index contributed by atoms with van der Waals surface area (Å²) in [7, 11) is 0. The van der Waals surface area contributed by atoms with Gasteiger partial charge in [0.1, 0.15) is 11.8 Å². The summed E-state index contributed by atoms with van der Waals surface area (Å²) in [6.45, 7) is 3.26. The molecule has 1 atom stereocenters. The van der Waals surface area contributed by atoms with Crippen LogP contribution in [0.4, 0.5) is 0 Å². The van der Waals surface area contributed by atoms with Gasteiger partial charge in [0.15, 0.2) is 12.1 Å². The summed E-state index contributed by atoms with van der Waals surface area (Å²) in [6, 6.07) is -0.895. The molecule has 0 bridgehead atoms. The Morgan fingerprint density at radius 3 is 2.73 bits per heavy atom. The summed E-state index contributed by atoms with van der Waals surface area (Å²) in [5.41, 5.74) is 0.120. The Bertz CT molecular complexity index is 372. The number of carboxylic acid groups (broad SMARTS) is 1. The van der Waals surface area contributed by atoms with Crippen LogP contribution in [0.25, 0.3) is 0 Å². The predicted octanol–water partition coefficient (Wildman–Crippen LogP) is 0.576. The number of amides is 1. The van der Waals surface area contributed by atoms with Crippen molar-refractivity contribution in [1.82, 2.24) is 10.3 Å². The molecule has 1 rings (SSSR count). The van der Waals surface area contributed by atoms with E-state index in [1.54, 1.807) is 13.8 Å². The van der Waals surface area contributed by atoms with Crippen molar-refractivity contribution in [1.29, 1.82) is 0 Å². The van der Waals surface area contributed by atoms with Gasteiger partial charge in [0.2, 0.25) is 0 Å². The standard InChI is InChI=1S/C9H12N2O4/c1-3-6(9(13)14)11-8(12)7-5(2)15-4-10-7/h4,6H,3H2,1-2H3,(H,11,12)(H,13,14)/t6-/m0/s1. The zero-order valence-corrected chi connectivity index (χ0v) is 8.48. The molecule has 0 saturated heterocycles. The molecule has 0 spiro atoms. The smallest absolute Gasteiger partial charge is 0.326 e. The third kappa shape index (κ3) is 2.55. The molecular formula is C9H12N2O4. The van der Waals surface area contributed by atoms with Crippen LogP contribution < -0.4 is 5.32 Å². The first-order valence-corrected chi connectivity index (χ1v) is 4.50. The number of hydrogen-bond donors (Lipinski definition) is 2. The van der Waals surface area contributed by atoms with Crippen LogP contribution in [-0.2, 0) is 4.79 Å². The summed E-state index contributed by atoms with van der Waals surface area (Å²) < 4.78 is 4.84. The third-order valence-electron chi connectivity index (χ3n) is 1.97. The molecule has 15 heavy (non-hydrogen) atoms. The number of carbonyl (C=O) groups is 2. The second kappa shape index (κ2) is 4.59. The van der Waals surface area contributed by atoms with Crippen molar-refractivity contribution in [3.63, 3.8) is 0 Å². The number of nitrogens with one attached hydrogen (secondary N) is 1. The Morgan fingerprint density at radius 2 is 2.33 bits per heavy atom. The average molecular weight is 212 g/mol. The van der Waals surface area contributed by atoms with Gasteiger partial charge in [-0.05, 0) is 13.3 Å². The lowest BCUT2D eigenvalue weighted by Gasteiger charge is -2.10. The molecule has 0 unspecified atom stereocenters. The Labute approximate surface area is 86.3 Å². The van der Waals surface area contributed by atoms with Crippen molar-refractivity contribution < 1.29 is 19.1 Å². The molecule has 0 aromatic carbocycles. The molecule has 0 aliphatic rings. The minimum Gasteiger partial charge on any atom is -0.480 e. The Balaban J connectivity index is 2.71. The molecular weight excluding hydrogens is 200 g/mol. The van der Waals surface area contributed by atoms with Crippen LogP contribution in [0.15, 0.2) is 10.8 Å². The summed E-state index contributed by atoms with van der Waals surface area (Å²) in [5, 5.41) is 11.1. The van der Waals surface area contributed by atoms with Gasteiger partial charge in [-0.3, -0.25) is 4.79 Å². The molecule has 1 amide bonds. The summed E-state index contributed by atoms with van der Waals surface area (Å²) in [6.07, 6.45) is 1.46. The van der Waals surface area contributed by atoms with Crippen LogP contribution in [0.1, 0.15) is 29.6 Å². The van der Waals surface area contributed by atoms with Crippen LogP contribution in [0.5, 0.6) is 0 Å². The second-order valence-electron chi connectivity index (χ2n) is 3.03. The van der Waals surface area contributed by atoms with E-state index in [1.165, 1.54) is 0 Å². The molecule has 0 aliphatic carbocycles. The lowest BCUT2D eigenvalue weighted by Crippen LogP contribution is -2.40. The first-order chi connectivity index (χ1) is 7.06. The minimum atomic E-state index is -1.06. The monoisotopic (exact) mass is 212 g/mol. The molecule has 6 nitrogen and oxygen atoms in total. The highest BCUT2D eigenvalue weighted by Gasteiger charge is 2.21. The van der Waals surface area contributed by atoms with Gasteiger partial charge in [-0.1, -0.05) is 6.92 Å². The number of oxazole rings is 1. The second-order valence-corrected chi connectivity index (χ2v) is 3.03.